The normalized spacial score (nSPS) is 12.2. The highest BCUT2D eigenvalue weighted by Crippen LogP contribution is 2.38. The second-order valence-corrected chi connectivity index (χ2v) is 8.72. The number of nitrogens with zero attached hydrogens (tertiary/aromatic N) is 2. The summed E-state index contributed by atoms with van der Waals surface area (Å²) in [6, 6.07) is 10.7. The molecular formula is C19H16Cl4N2OS. The lowest BCUT2D eigenvalue weighted by molar-refractivity contribution is 0.307. The molecule has 27 heavy (non-hydrogen) atoms. The van der Waals surface area contributed by atoms with Crippen LogP contribution in [0.5, 0.6) is 5.75 Å². The fourth-order valence-corrected chi connectivity index (χ4v) is 4.74. The lowest BCUT2D eigenvalue weighted by Crippen LogP contribution is -2.21. The second kappa shape index (κ2) is 9.44. The van der Waals surface area contributed by atoms with Crippen molar-refractivity contribution in [1.29, 1.82) is 0 Å². The van der Waals surface area contributed by atoms with Crippen molar-refractivity contribution in [2.75, 3.05) is 6.61 Å². The van der Waals surface area contributed by atoms with Crippen LogP contribution in [0.2, 0.25) is 20.1 Å². The molecule has 0 saturated heterocycles. The molecule has 0 aliphatic rings. The summed E-state index contributed by atoms with van der Waals surface area (Å²) in [6.07, 6.45) is 3.70. The van der Waals surface area contributed by atoms with E-state index in [1.165, 1.54) is 0 Å². The minimum Gasteiger partial charge on any atom is -0.489 e. The Kier molecular flexibility index (Phi) is 7.23. The number of hydrogen-bond donors (Lipinski definition) is 0. The van der Waals surface area contributed by atoms with Gasteiger partial charge in [0.15, 0.2) is 5.75 Å². The van der Waals surface area contributed by atoms with Gasteiger partial charge in [0, 0.05) is 23.8 Å². The number of hydrogen-bond acceptors (Lipinski definition) is 3. The van der Waals surface area contributed by atoms with Crippen LogP contribution in [-0.4, -0.2) is 21.4 Å². The minimum atomic E-state index is 0.00244. The Bertz CT molecular complexity index is 891. The number of thioether (sulfide) groups is 1. The fourth-order valence-electron chi connectivity index (χ4n) is 2.50. The van der Waals surface area contributed by atoms with E-state index in [9.17, 15) is 0 Å². The molecule has 0 amide bonds. The summed E-state index contributed by atoms with van der Waals surface area (Å²) in [6.45, 7) is 2.99. The highest BCUT2D eigenvalue weighted by Gasteiger charge is 2.19. The standard InChI is InChI=1S/C19H16Cl4N2OS/c1-12-24-8-9-25(12)10-13(27-19-16(22)6-3-7-17(19)23)11-26-18-14(20)4-2-5-15(18)21/h2-9,13H,10-11H2,1H3. The predicted octanol–water partition coefficient (Wildman–Crippen LogP) is 7.05. The van der Waals surface area contributed by atoms with Crippen LogP contribution in [-0.2, 0) is 6.54 Å². The van der Waals surface area contributed by atoms with Crippen molar-refractivity contribution in [3.8, 4) is 5.75 Å². The molecule has 0 radical (unpaired) electrons. The molecule has 3 rings (SSSR count). The second-order valence-electron chi connectivity index (χ2n) is 5.78. The van der Waals surface area contributed by atoms with E-state index in [-0.39, 0.29) is 5.25 Å². The van der Waals surface area contributed by atoms with E-state index in [2.05, 4.69) is 9.55 Å². The Hall–Kier alpha value is -1.04. The number of ether oxygens (including phenoxy) is 1. The van der Waals surface area contributed by atoms with Gasteiger partial charge in [0.25, 0.3) is 0 Å². The maximum atomic E-state index is 6.35. The zero-order valence-electron chi connectivity index (χ0n) is 14.3. The third kappa shape index (κ3) is 5.27. The van der Waals surface area contributed by atoms with Gasteiger partial charge >= 0.3 is 0 Å². The maximum Gasteiger partial charge on any atom is 0.156 e. The SMILES string of the molecule is Cc1nccn1CC(COc1c(Cl)cccc1Cl)Sc1c(Cl)cccc1Cl. The van der Waals surface area contributed by atoms with Crippen LogP contribution in [0, 0.1) is 6.92 Å². The lowest BCUT2D eigenvalue weighted by Gasteiger charge is -2.20. The number of rotatable bonds is 7. The van der Waals surface area contributed by atoms with Crippen molar-refractivity contribution in [2.24, 2.45) is 0 Å². The van der Waals surface area contributed by atoms with Crippen LogP contribution in [0.1, 0.15) is 5.82 Å². The van der Waals surface area contributed by atoms with Gasteiger partial charge in [0.2, 0.25) is 0 Å². The van der Waals surface area contributed by atoms with Crippen LogP contribution in [0.4, 0.5) is 0 Å². The first-order valence-corrected chi connectivity index (χ1v) is 10.5. The molecule has 1 heterocycles. The molecule has 0 spiro atoms. The summed E-state index contributed by atoms with van der Waals surface area (Å²) >= 11 is 26.7. The molecule has 3 aromatic rings. The van der Waals surface area contributed by atoms with Crippen molar-refractivity contribution >= 4 is 58.2 Å². The van der Waals surface area contributed by atoms with Gasteiger partial charge in [-0.2, -0.15) is 0 Å². The number of aryl methyl sites for hydroxylation is 1. The monoisotopic (exact) mass is 460 g/mol. The van der Waals surface area contributed by atoms with Gasteiger partial charge in [-0.3, -0.25) is 0 Å². The van der Waals surface area contributed by atoms with Gasteiger partial charge < -0.3 is 9.30 Å². The zero-order valence-corrected chi connectivity index (χ0v) is 18.2. The first-order valence-electron chi connectivity index (χ1n) is 8.11. The van der Waals surface area contributed by atoms with E-state index in [1.54, 1.807) is 36.2 Å². The lowest BCUT2D eigenvalue weighted by atomic mass is 10.3. The quantitative estimate of drug-likeness (QED) is 0.353. The van der Waals surface area contributed by atoms with Crippen molar-refractivity contribution in [3.05, 3.63) is 74.7 Å². The number of imidazole rings is 1. The molecule has 3 nitrogen and oxygen atoms in total. The third-order valence-corrected chi connectivity index (χ3v) is 6.60. The molecule has 1 aromatic heterocycles. The molecule has 0 aliphatic heterocycles. The molecule has 0 bridgehead atoms. The van der Waals surface area contributed by atoms with E-state index < -0.39 is 0 Å². The molecule has 1 atom stereocenters. The Morgan fingerprint density at radius 1 is 1.00 bits per heavy atom. The largest absolute Gasteiger partial charge is 0.489 e. The summed E-state index contributed by atoms with van der Waals surface area (Å²) in [5, 5.41) is 2.16. The molecule has 0 saturated carbocycles. The first-order chi connectivity index (χ1) is 13.0. The number of aromatic nitrogens is 2. The fraction of sp³-hybridized carbons (Fsp3) is 0.211. The molecule has 0 N–H and O–H groups in total. The highest BCUT2D eigenvalue weighted by atomic mass is 35.5. The van der Waals surface area contributed by atoms with Crippen molar-refractivity contribution in [3.63, 3.8) is 0 Å². The Balaban J connectivity index is 1.82. The Morgan fingerprint density at radius 3 is 2.15 bits per heavy atom. The van der Waals surface area contributed by atoms with Crippen LogP contribution in [0.3, 0.4) is 0 Å². The van der Waals surface area contributed by atoms with E-state index in [1.807, 2.05) is 31.3 Å². The number of para-hydroxylation sites is 1. The van der Waals surface area contributed by atoms with Gasteiger partial charge in [0.1, 0.15) is 12.4 Å². The first kappa shape index (κ1) is 20.7. The predicted molar refractivity (Wildman–Crippen MR) is 115 cm³/mol. The van der Waals surface area contributed by atoms with Gasteiger partial charge in [0.05, 0.1) is 25.3 Å². The topological polar surface area (TPSA) is 27.1 Å². The van der Waals surface area contributed by atoms with Gasteiger partial charge in [-0.05, 0) is 31.2 Å². The summed E-state index contributed by atoms with van der Waals surface area (Å²) in [7, 11) is 0. The van der Waals surface area contributed by atoms with E-state index in [0.29, 0.717) is 39.0 Å². The molecule has 0 aliphatic carbocycles. The van der Waals surface area contributed by atoms with Crippen LogP contribution >= 0.6 is 58.2 Å². The minimum absolute atomic E-state index is 0.00244. The van der Waals surface area contributed by atoms with Crippen molar-refractivity contribution < 1.29 is 4.74 Å². The van der Waals surface area contributed by atoms with E-state index in [4.69, 9.17) is 51.1 Å². The number of benzene rings is 2. The van der Waals surface area contributed by atoms with Gasteiger partial charge in [-0.15, -0.1) is 11.8 Å². The third-order valence-electron chi connectivity index (χ3n) is 3.86. The molecular weight excluding hydrogens is 446 g/mol. The average Bonchev–Trinajstić information content (AvgIpc) is 3.02. The summed E-state index contributed by atoms with van der Waals surface area (Å²) < 4.78 is 8.02. The van der Waals surface area contributed by atoms with Crippen LogP contribution in [0.25, 0.3) is 0 Å². The Morgan fingerprint density at radius 2 is 1.59 bits per heavy atom. The van der Waals surface area contributed by atoms with Crippen LogP contribution < -0.4 is 4.74 Å². The smallest absolute Gasteiger partial charge is 0.156 e. The molecule has 142 valence electrons. The average molecular weight is 462 g/mol. The van der Waals surface area contributed by atoms with Crippen molar-refractivity contribution in [1.82, 2.24) is 9.55 Å². The van der Waals surface area contributed by atoms with Crippen molar-refractivity contribution in [2.45, 2.75) is 23.6 Å². The van der Waals surface area contributed by atoms with Crippen LogP contribution in [0.15, 0.2) is 53.7 Å². The molecule has 2 aromatic carbocycles. The van der Waals surface area contributed by atoms with Gasteiger partial charge in [-0.1, -0.05) is 58.5 Å². The molecule has 8 heteroatoms. The summed E-state index contributed by atoms with van der Waals surface area (Å²) in [4.78, 5) is 5.09. The highest BCUT2D eigenvalue weighted by molar-refractivity contribution is 8.00. The maximum absolute atomic E-state index is 6.35. The summed E-state index contributed by atoms with van der Waals surface area (Å²) in [5.74, 6) is 1.39. The Labute approximate surface area is 182 Å². The molecule has 0 fully saturated rings. The summed E-state index contributed by atoms with van der Waals surface area (Å²) in [5.41, 5.74) is 0. The van der Waals surface area contributed by atoms with E-state index in [0.717, 1.165) is 10.7 Å². The van der Waals surface area contributed by atoms with Gasteiger partial charge in [-0.25, -0.2) is 4.98 Å². The number of halogens is 4. The van der Waals surface area contributed by atoms with E-state index >= 15 is 0 Å². The molecule has 1 unspecified atom stereocenters. The zero-order chi connectivity index (χ0) is 19.4.